The average molecular weight is 485 g/mol. The summed E-state index contributed by atoms with van der Waals surface area (Å²) in [5, 5.41) is 5.40. The van der Waals surface area contributed by atoms with Crippen molar-refractivity contribution in [3.05, 3.63) is 0 Å². The van der Waals surface area contributed by atoms with Crippen LogP contribution in [0.5, 0.6) is 0 Å². The van der Waals surface area contributed by atoms with Crippen LogP contribution in [0.25, 0.3) is 0 Å². The highest BCUT2D eigenvalue weighted by Gasteiger charge is 2.57. The van der Waals surface area contributed by atoms with Crippen molar-refractivity contribution in [2.24, 2.45) is 0 Å². The van der Waals surface area contributed by atoms with Crippen LogP contribution in [0.4, 0.5) is 0 Å². The zero-order valence-corrected chi connectivity index (χ0v) is 21.5. The van der Waals surface area contributed by atoms with Crippen LogP contribution in [0.1, 0.15) is 55.4 Å². The lowest BCUT2D eigenvalue weighted by atomic mass is 10.3. The summed E-state index contributed by atoms with van der Waals surface area (Å²) in [7, 11) is -0.507. The molecule has 0 aromatic carbocycles. The maximum Gasteiger partial charge on any atom is 0.329 e. The number of hydrogen-bond acceptors (Lipinski definition) is 8. The Morgan fingerprint density at radius 1 is 0.588 bits per heavy atom. The van der Waals surface area contributed by atoms with Gasteiger partial charge in [0.25, 0.3) is 0 Å². The van der Waals surface area contributed by atoms with Gasteiger partial charge in [0.15, 0.2) is 12.2 Å². The molecule has 2 atom stereocenters. The largest absolute Gasteiger partial charge is 0.435 e. The Balaban J connectivity index is 0. The van der Waals surface area contributed by atoms with Crippen molar-refractivity contribution >= 4 is 14.7 Å². The zero-order valence-electron chi connectivity index (χ0n) is 20.5. The fourth-order valence-corrected chi connectivity index (χ4v) is 3.30. The summed E-state index contributed by atoms with van der Waals surface area (Å²) in [6.45, 7) is 13.1. The first-order chi connectivity index (χ1) is 16.3. The molecule has 0 aromatic rings. The molecule has 0 radical (unpaired) electrons. The van der Waals surface area contributed by atoms with Crippen molar-refractivity contribution in [2.75, 3.05) is 0 Å². The molecule has 0 rings (SSSR count). The first kappa shape index (κ1) is 32.2. The van der Waals surface area contributed by atoms with Gasteiger partial charge in [0.2, 0.25) is 6.08 Å². The minimum Gasteiger partial charge on any atom is -0.435 e. The highest BCUT2D eigenvalue weighted by atomic mass is 31.1. The van der Waals surface area contributed by atoms with Gasteiger partial charge in [0.05, 0.1) is 8.58 Å². The molecule has 8 nitrogen and oxygen atoms in total. The SMILES string of the molecule is CC#COC(C)C(OC#CC)(OC#CC)PC(OC#CC)(OC#CC)C(C)OC#CC.N=C=O. The Labute approximate surface area is 204 Å². The summed E-state index contributed by atoms with van der Waals surface area (Å²) in [5.74, 6) is 16.0. The van der Waals surface area contributed by atoms with Crippen molar-refractivity contribution in [1.29, 1.82) is 5.41 Å². The summed E-state index contributed by atoms with van der Waals surface area (Å²) in [6.07, 6.45) is 14.5. The van der Waals surface area contributed by atoms with E-state index in [1.807, 2.05) is 0 Å². The molecular weight excluding hydrogens is 457 g/mol. The quantitative estimate of drug-likeness (QED) is 0.166. The topological polar surface area (TPSA) is 96.3 Å². The van der Waals surface area contributed by atoms with E-state index in [9.17, 15) is 0 Å². The molecule has 0 aliphatic heterocycles. The molecule has 9 heteroatoms. The van der Waals surface area contributed by atoms with E-state index in [1.165, 1.54) is 0 Å². The first-order valence-electron chi connectivity index (χ1n) is 9.70. The van der Waals surface area contributed by atoms with Crippen molar-refractivity contribution in [1.82, 2.24) is 0 Å². The standard InChI is InChI=1S/C24H27O6P.CHNO/c1-9-15-25-21(7)23(27-17-11-3,28-18-12-4)31-24(29-19-13-5,30-20-14-6)22(8)26-16-10-2;2-1-3/h21-22,31H,1-8H3;2H. The van der Waals surface area contributed by atoms with Crippen LogP contribution in [-0.2, 0) is 33.2 Å². The maximum absolute atomic E-state index is 8.35. The highest BCUT2D eigenvalue weighted by molar-refractivity contribution is 7.41. The van der Waals surface area contributed by atoms with Gasteiger partial charge < -0.3 is 28.4 Å². The van der Waals surface area contributed by atoms with Crippen LogP contribution in [0.2, 0.25) is 0 Å². The Bertz CT molecular complexity index is 905. The van der Waals surface area contributed by atoms with Crippen molar-refractivity contribution in [3.63, 3.8) is 0 Å². The summed E-state index contributed by atoms with van der Waals surface area (Å²) < 4.78 is 34.3. The van der Waals surface area contributed by atoms with E-state index in [0.717, 1.165) is 6.08 Å². The van der Waals surface area contributed by atoms with Crippen LogP contribution in [0.3, 0.4) is 0 Å². The highest BCUT2D eigenvalue weighted by Crippen LogP contribution is 2.51. The van der Waals surface area contributed by atoms with E-state index in [2.05, 4.69) is 72.2 Å². The third kappa shape index (κ3) is 11.5. The third-order valence-electron chi connectivity index (χ3n) is 3.31. The smallest absolute Gasteiger partial charge is 0.329 e. The van der Waals surface area contributed by atoms with E-state index in [1.54, 1.807) is 55.4 Å². The number of hydrogen-bond donors (Lipinski definition) is 1. The number of rotatable bonds is 10. The summed E-state index contributed by atoms with van der Waals surface area (Å²) >= 11 is 0. The second-order valence-electron chi connectivity index (χ2n) is 5.60. The maximum atomic E-state index is 8.35. The third-order valence-corrected chi connectivity index (χ3v) is 5.23. The van der Waals surface area contributed by atoms with Gasteiger partial charge >= 0.3 is 11.1 Å². The van der Waals surface area contributed by atoms with Gasteiger partial charge in [-0.15, -0.1) is 0 Å². The van der Waals surface area contributed by atoms with Gasteiger partial charge in [0, 0.05) is 41.5 Å². The Morgan fingerprint density at radius 2 is 0.824 bits per heavy atom. The van der Waals surface area contributed by atoms with Crippen LogP contribution >= 0.6 is 8.58 Å². The fraction of sp³-hybridized carbons (Fsp3) is 0.480. The van der Waals surface area contributed by atoms with Crippen LogP contribution < -0.4 is 0 Å². The zero-order chi connectivity index (χ0) is 26.3. The lowest BCUT2D eigenvalue weighted by Gasteiger charge is -2.40. The molecule has 0 amide bonds. The molecule has 0 spiro atoms. The molecule has 0 aromatic heterocycles. The molecule has 0 heterocycles. The molecule has 0 fully saturated rings. The monoisotopic (exact) mass is 485 g/mol. The molecule has 2 unspecified atom stereocenters. The number of nitrogens with one attached hydrogen (secondary N) is 1. The van der Waals surface area contributed by atoms with Gasteiger partial charge in [-0.25, -0.2) is 10.2 Å². The van der Waals surface area contributed by atoms with E-state index < -0.39 is 31.8 Å². The minimum atomic E-state index is -1.59. The number of carbonyl (C=O) groups excluding carboxylic acids is 1. The van der Waals surface area contributed by atoms with Crippen molar-refractivity contribution < 1.29 is 33.2 Å². The van der Waals surface area contributed by atoms with Crippen LogP contribution in [0.15, 0.2) is 0 Å². The van der Waals surface area contributed by atoms with Gasteiger partial charge in [-0.05, 0) is 13.8 Å². The molecule has 1 N–H and O–H groups in total. The molecule has 180 valence electrons. The predicted octanol–water partition coefficient (Wildman–Crippen LogP) is 3.63. The number of isocyanates is 1. The summed E-state index contributed by atoms with van der Waals surface area (Å²) in [5.41, 5.74) is -3.17. The average Bonchev–Trinajstić information content (AvgIpc) is 2.84. The first-order valence-corrected chi connectivity index (χ1v) is 10.7. The minimum absolute atomic E-state index is 0.507. The Kier molecular flexibility index (Phi) is 18.6. The number of ether oxygens (including phenoxy) is 6. The molecule has 0 saturated carbocycles. The summed E-state index contributed by atoms with van der Waals surface area (Å²) in [6, 6.07) is 0. The van der Waals surface area contributed by atoms with E-state index in [4.69, 9.17) is 38.6 Å². The van der Waals surface area contributed by atoms with Gasteiger partial charge in [-0.1, -0.05) is 35.5 Å². The van der Waals surface area contributed by atoms with Crippen LogP contribution in [-0.4, -0.2) is 29.3 Å². The molecular formula is C25H28NO7P. The van der Waals surface area contributed by atoms with E-state index in [-0.39, 0.29) is 0 Å². The van der Waals surface area contributed by atoms with Crippen molar-refractivity contribution in [3.8, 4) is 72.2 Å². The lowest BCUT2D eigenvalue weighted by molar-refractivity contribution is -0.176. The second kappa shape index (κ2) is 19.6. The molecule has 0 aliphatic carbocycles. The van der Waals surface area contributed by atoms with Gasteiger partial charge in [0.1, 0.15) is 36.6 Å². The molecule has 0 saturated heterocycles. The Hall–Kier alpha value is -4.03. The predicted molar refractivity (Wildman–Crippen MR) is 128 cm³/mol. The summed E-state index contributed by atoms with van der Waals surface area (Å²) in [4.78, 5) is 8.35. The molecule has 0 bridgehead atoms. The van der Waals surface area contributed by atoms with Crippen LogP contribution in [0, 0.1) is 77.6 Å². The Morgan fingerprint density at radius 3 is 1.03 bits per heavy atom. The fourth-order valence-electron chi connectivity index (χ4n) is 1.88. The van der Waals surface area contributed by atoms with Crippen molar-refractivity contribution in [2.45, 2.75) is 78.7 Å². The molecule has 0 aliphatic rings. The normalized spacial score (nSPS) is 10.5. The molecule has 34 heavy (non-hydrogen) atoms. The van der Waals surface area contributed by atoms with E-state index >= 15 is 0 Å². The van der Waals surface area contributed by atoms with E-state index in [0.29, 0.717) is 0 Å². The van der Waals surface area contributed by atoms with Gasteiger partial charge in [-0.3, -0.25) is 0 Å². The van der Waals surface area contributed by atoms with Gasteiger partial charge in [-0.2, -0.15) is 0 Å². The second-order valence-corrected chi connectivity index (χ2v) is 7.25. The lowest BCUT2D eigenvalue weighted by Crippen LogP contribution is -2.50.